The lowest BCUT2D eigenvalue weighted by molar-refractivity contribution is -0.133. The molecule has 0 bridgehead atoms. The van der Waals surface area contributed by atoms with E-state index >= 15 is 0 Å². The summed E-state index contributed by atoms with van der Waals surface area (Å²) in [6, 6.07) is 7.67. The molecule has 8 nitrogen and oxygen atoms in total. The maximum atomic E-state index is 14.0. The highest BCUT2D eigenvalue weighted by atomic mass is 19.2. The van der Waals surface area contributed by atoms with E-state index in [2.05, 4.69) is 10.3 Å². The van der Waals surface area contributed by atoms with E-state index in [1.54, 1.807) is 30.0 Å². The second kappa shape index (κ2) is 9.59. The van der Waals surface area contributed by atoms with Gasteiger partial charge in [0, 0.05) is 55.6 Å². The summed E-state index contributed by atoms with van der Waals surface area (Å²) in [5.41, 5.74) is 0.311. The maximum absolute atomic E-state index is 14.0. The molecular formula is C25H28F2N4O4. The van der Waals surface area contributed by atoms with Crippen LogP contribution in [0.3, 0.4) is 0 Å². The van der Waals surface area contributed by atoms with Gasteiger partial charge in [0.25, 0.3) is 0 Å². The van der Waals surface area contributed by atoms with Crippen LogP contribution in [0.1, 0.15) is 37.6 Å². The fraction of sp³-hybridized carbons (Fsp3) is 0.440. The Balaban J connectivity index is 1.45. The Morgan fingerprint density at radius 2 is 2.03 bits per heavy atom. The summed E-state index contributed by atoms with van der Waals surface area (Å²) in [6.45, 7) is 4.86. The van der Waals surface area contributed by atoms with Gasteiger partial charge >= 0.3 is 0 Å². The number of carbonyl (C=O) groups is 3. The molecule has 0 saturated carbocycles. The first-order chi connectivity index (χ1) is 16.6. The van der Waals surface area contributed by atoms with E-state index in [4.69, 9.17) is 4.74 Å². The molecule has 2 aromatic rings. The van der Waals surface area contributed by atoms with Crippen molar-refractivity contribution in [1.82, 2.24) is 15.2 Å². The first-order valence-electron chi connectivity index (χ1n) is 11.5. The number of Topliss-reactive ketones (excluding diaryl/α,β-unsaturated/α-hetero) is 1. The van der Waals surface area contributed by atoms with Gasteiger partial charge in [0.1, 0.15) is 5.54 Å². The molecule has 0 spiro atoms. The number of nitrogens with one attached hydrogen (secondary N) is 1. The second-order valence-corrected chi connectivity index (χ2v) is 9.04. The molecule has 3 heterocycles. The third kappa shape index (κ3) is 4.69. The van der Waals surface area contributed by atoms with Crippen LogP contribution in [0, 0.1) is 18.6 Å². The van der Waals surface area contributed by atoms with Gasteiger partial charge in [-0.1, -0.05) is 6.07 Å². The number of carbonyl (C=O) groups excluding carboxylic acids is 3. The highest BCUT2D eigenvalue weighted by molar-refractivity contribution is 6.10. The summed E-state index contributed by atoms with van der Waals surface area (Å²) in [5.74, 6) is -3.04. The van der Waals surface area contributed by atoms with Crippen molar-refractivity contribution in [2.24, 2.45) is 0 Å². The standard InChI is InChI=1S/C25H28F2N4O4/c1-15-5-4-6-20(28-15)25(21(32)13-22(33)29-25)8-7-23(34)30-9-10-31(16(2)14-30)17-11-18(26)24(27)19(12-17)35-3/h4-6,11-12,16H,7-10,13-14H2,1-3H3,(H,29,33)/t16-,25?/m0/s1. The summed E-state index contributed by atoms with van der Waals surface area (Å²) in [6.07, 6.45) is -0.0770. The number of amides is 2. The lowest BCUT2D eigenvalue weighted by Crippen LogP contribution is -2.54. The fourth-order valence-corrected chi connectivity index (χ4v) is 4.85. The van der Waals surface area contributed by atoms with E-state index in [0.717, 1.165) is 6.07 Å². The van der Waals surface area contributed by atoms with Gasteiger partial charge in [-0.3, -0.25) is 19.4 Å². The Morgan fingerprint density at radius 3 is 2.66 bits per heavy atom. The molecule has 1 unspecified atom stereocenters. The zero-order valence-electron chi connectivity index (χ0n) is 19.9. The highest BCUT2D eigenvalue weighted by Gasteiger charge is 2.48. The van der Waals surface area contributed by atoms with E-state index < -0.39 is 17.2 Å². The molecule has 4 rings (SSSR count). The largest absolute Gasteiger partial charge is 0.493 e. The molecule has 1 N–H and O–H groups in total. The number of hydrogen-bond donors (Lipinski definition) is 1. The lowest BCUT2D eigenvalue weighted by atomic mass is 9.86. The van der Waals surface area contributed by atoms with E-state index in [1.165, 1.54) is 13.2 Å². The molecule has 1 aromatic carbocycles. The average Bonchev–Trinajstić information content (AvgIpc) is 3.12. The normalized spacial score (nSPS) is 22.4. The van der Waals surface area contributed by atoms with Crippen LogP contribution in [0.2, 0.25) is 0 Å². The van der Waals surface area contributed by atoms with Crippen LogP contribution in [-0.2, 0) is 19.9 Å². The third-order valence-electron chi connectivity index (χ3n) is 6.70. The summed E-state index contributed by atoms with van der Waals surface area (Å²) < 4.78 is 32.8. The van der Waals surface area contributed by atoms with Crippen molar-refractivity contribution >= 4 is 23.3 Å². The third-order valence-corrected chi connectivity index (χ3v) is 6.70. The molecule has 2 fully saturated rings. The van der Waals surface area contributed by atoms with Gasteiger partial charge in [-0.25, -0.2) is 4.39 Å². The summed E-state index contributed by atoms with van der Waals surface area (Å²) in [7, 11) is 1.28. The van der Waals surface area contributed by atoms with Crippen LogP contribution in [0.5, 0.6) is 5.75 Å². The average molecular weight is 487 g/mol. The predicted octanol–water partition coefficient (Wildman–Crippen LogP) is 2.48. The van der Waals surface area contributed by atoms with Crippen LogP contribution in [0.15, 0.2) is 30.3 Å². The number of ketones is 1. The summed E-state index contributed by atoms with van der Waals surface area (Å²) in [4.78, 5) is 46.0. The van der Waals surface area contributed by atoms with Crippen molar-refractivity contribution in [1.29, 1.82) is 0 Å². The number of aromatic nitrogens is 1. The van der Waals surface area contributed by atoms with Crippen LogP contribution in [0.4, 0.5) is 14.5 Å². The number of methoxy groups -OCH3 is 1. The molecule has 2 atom stereocenters. The zero-order chi connectivity index (χ0) is 25.3. The Kier molecular flexibility index (Phi) is 6.73. The number of benzene rings is 1. The van der Waals surface area contributed by atoms with Crippen molar-refractivity contribution in [3.8, 4) is 5.75 Å². The number of halogens is 2. The molecule has 2 aliphatic rings. The first-order valence-corrected chi connectivity index (χ1v) is 11.5. The molecule has 2 aliphatic heterocycles. The van der Waals surface area contributed by atoms with E-state index in [9.17, 15) is 23.2 Å². The van der Waals surface area contributed by atoms with Crippen molar-refractivity contribution in [2.45, 2.75) is 44.7 Å². The fourth-order valence-electron chi connectivity index (χ4n) is 4.85. The number of piperazine rings is 1. The van der Waals surface area contributed by atoms with Gasteiger partial charge in [0.2, 0.25) is 17.6 Å². The monoisotopic (exact) mass is 486 g/mol. The smallest absolute Gasteiger partial charge is 0.228 e. The minimum atomic E-state index is -1.31. The molecular weight excluding hydrogens is 458 g/mol. The van der Waals surface area contributed by atoms with Crippen molar-refractivity contribution in [2.75, 3.05) is 31.6 Å². The van der Waals surface area contributed by atoms with Gasteiger partial charge in [-0.15, -0.1) is 0 Å². The Morgan fingerprint density at radius 1 is 1.26 bits per heavy atom. The van der Waals surface area contributed by atoms with Gasteiger partial charge in [-0.2, -0.15) is 4.39 Å². The topological polar surface area (TPSA) is 91.8 Å². The molecule has 0 aliphatic carbocycles. The van der Waals surface area contributed by atoms with E-state index in [-0.39, 0.29) is 48.7 Å². The number of nitrogens with zero attached hydrogens (tertiary/aromatic N) is 3. The zero-order valence-corrected chi connectivity index (χ0v) is 19.9. The minimum absolute atomic E-state index is 0.0490. The Bertz CT molecular complexity index is 1170. The SMILES string of the molecule is COc1cc(N2CCN(C(=O)CCC3(c4cccc(C)n4)NC(=O)CC3=O)C[C@@H]2C)cc(F)c1F. The number of anilines is 1. The van der Waals surface area contributed by atoms with Gasteiger partial charge in [0.05, 0.1) is 19.2 Å². The number of ether oxygens (including phenoxy) is 1. The lowest BCUT2D eigenvalue weighted by Gasteiger charge is -2.41. The number of hydrogen-bond acceptors (Lipinski definition) is 6. The number of pyridine rings is 1. The van der Waals surface area contributed by atoms with Gasteiger partial charge in [-0.05, 0) is 32.4 Å². The molecule has 35 heavy (non-hydrogen) atoms. The quantitative estimate of drug-likeness (QED) is 0.631. The van der Waals surface area contributed by atoms with Crippen LogP contribution in [0.25, 0.3) is 0 Å². The van der Waals surface area contributed by atoms with Gasteiger partial charge < -0.3 is 19.9 Å². The van der Waals surface area contributed by atoms with Crippen molar-refractivity contribution < 1.29 is 27.9 Å². The molecule has 0 radical (unpaired) electrons. The molecule has 2 amide bonds. The predicted molar refractivity (Wildman–Crippen MR) is 124 cm³/mol. The second-order valence-electron chi connectivity index (χ2n) is 9.04. The summed E-state index contributed by atoms with van der Waals surface area (Å²) >= 11 is 0. The summed E-state index contributed by atoms with van der Waals surface area (Å²) in [5, 5.41) is 2.77. The van der Waals surface area contributed by atoms with Gasteiger partial charge in [0.15, 0.2) is 17.3 Å². The first kappa shape index (κ1) is 24.6. The van der Waals surface area contributed by atoms with Crippen LogP contribution in [-0.4, -0.2) is 60.3 Å². The highest BCUT2D eigenvalue weighted by Crippen LogP contribution is 2.33. The minimum Gasteiger partial charge on any atom is -0.493 e. The van der Waals surface area contributed by atoms with Crippen molar-refractivity contribution in [3.05, 3.63) is 53.4 Å². The van der Waals surface area contributed by atoms with Crippen LogP contribution < -0.4 is 15.0 Å². The molecule has 1 aromatic heterocycles. The Hall–Kier alpha value is -3.56. The molecule has 10 heteroatoms. The van der Waals surface area contributed by atoms with Crippen molar-refractivity contribution in [3.63, 3.8) is 0 Å². The Labute approximate surface area is 202 Å². The molecule has 186 valence electrons. The van der Waals surface area contributed by atoms with E-state index in [1.807, 2.05) is 11.8 Å². The number of aryl methyl sites for hydroxylation is 1. The number of rotatable bonds is 6. The molecule has 2 saturated heterocycles. The maximum Gasteiger partial charge on any atom is 0.228 e. The van der Waals surface area contributed by atoms with Crippen LogP contribution >= 0.6 is 0 Å². The van der Waals surface area contributed by atoms with E-state index in [0.29, 0.717) is 36.7 Å².